The molecule has 0 unspecified atom stereocenters. The second kappa shape index (κ2) is 5.03. The zero-order valence-electron chi connectivity index (χ0n) is 9.36. The maximum Gasteiger partial charge on any atom is 0.339 e. The molecule has 0 atom stereocenters. The predicted octanol–water partition coefficient (Wildman–Crippen LogP) is 1.47. The van der Waals surface area contributed by atoms with Crippen molar-refractivity contribution in [2.45, 2.75) is 18.7 Å². The molecule has 0 fully saturated rings. The summed E-state index contributed by atoms with van der Waals surface area (Å²) in [5.74, 6) is -0.678. The third kappa shape index (κ3) is 3.18. The highest BCUT2D eigenvalue weighted by atomic mass is 35.5. The minimum absolute atomic E-state index is 0.0110. The molecule has 7 heteroatoms. The van der Waals surface area contributed by atoms with Crippen LogP contribution in [0, 0.1) is 6.92 Å². The lowest BCUT2D eigenvalue weighted by atomic mass is 10.1. The summed E-state index contributed by atoms with van der Waals surface area (Å²) in [5, 5.41) is 5.16. The van der Waals surface area contributed by atoms with Crippen molar-refractivity contribution in [3.05, 3.63) is 28.3 Å². The molecule has 94 valence electrons. The lowest BCUT2D eigenvalue weighted by molar-refractivity contribution is 0.0526. The molecule has 2 N–H and O–H groups in total. The molecule has 0 heterocycles. The van der Waals surface area contributed by atoms with Gasteiger partial charge in [0.05, 0.1) is 22.1 Å². The first-order valence-corrected chi connectivity index (χ1v) is 6.70. The lowest BCUT2D eigenvalue weighted by Gasteiger charge is -2.08. The van der Waals surface area contributed by atoms with E-state index in [0.29, 0.717) is 5.56 Å². The Hall–Kier alpha value is -1.11. The van der Waals surface area contributed by atoms with Crippen molar-refractivity contribution in [1.82, 2.24) is 0 Å². The molecule has 0 saturated heterocycles. The van der Waals surface area contributed by atoms with Crippen LogP contribution < -0.4 is 5.14 Å². The Morgan fingerprint density at radius 1 is 1.47 bits per heavy atom. The number of sulfonamides is 1. The minimum Gasteiger partial charge on any atom is -0.462 e. The third-order valence-electron chi connectivity index (χ3n) is 2.07. The van der Waals surface area contributed by atoms with Gasteiger partial charge in [-0.15, -0.1) is 0 Å². The van der Waals surface area contributed by atoms with Crippen molar-refractivity contribution in [1.29, 1.82) is 0 Å². The highest BCUT2D eigenvalue weighted by Gasteiger charge is 2.19. The summed E-state index contributed by atoms with van der Waals surface area (Å²) in [6.45, 7) is 3.36. The number of carbonyl (C=O) groups excluding carboxylic acids is 1. The number of aryl methyl sites for hydroxylation is 1. The van der Waals surface area contributed by atoms with Gasteiger partial charge in [-0.1, -0.05) is 11.6 Å². The van der Waals surface area contributed by atoms with Crippen LogP contribution in [-0.2, 0) is 14.8 Å². The number of benzene rings is 1. The van der Waals surface area contributed by atoms with Gasteiger partial charge in [0.15, 0.2) is 0 Å². The average Bonchev–Trinajstić information content (AvgIpc) is 2.15. The molecule has 0 amide bonds. The van der Waals surface area contributed by atoms with E-state index in [4.69, 9.17) is 21.5 Å². The molecular weight excluding hydrogens is 266 g/mol. The van der Waals surface area contributed by atoms with Crippen molar-refractivity contribution in [3.63, 3.8) is 0 Å². The summed E-state index contributed by atoms with van der Waals surface area (Å²) in [6.07, 6.45) is 0. The van der Waals surface area contributed by atoms with E-state index in [-0.39, 0.29) is 22.1 Å². The largest absolute Gasteiger partial charge is 0.462 e. The minimum atomic E-state index is -3.89. The zero-order chi connectivity index (χ0) is 13.2. The number of ether oxygens (including phenoxy) is 1. The van der Waals surface area contributed by atoms with Gasteiger partial charge >= 0.3 is 5.97 Å². The summed E-state index contributed by atoms with van der Waals surface area (Å²) >= 11 is 5.85. The van der Waals surface area contributed by atoms with Gasteiger partial charge in [-0.05, 0) is 31.5 Å². The molecule has 0 bridgehead atoms. The molecule has 0 aliphatic carbocycles. The van der Waals surface area contributed by atoms with E-state index in [0.717, 1.165) is 6.07 Å². The smallest absolute Gasteiger partial charge is 0.339 e. The number of carbonyl (C=O) groups is 1. The second-order valence-corrected chi connectivity index (χ2v) is 5.30. The first kappa shape index (κ1) is 14.0. The van der Waals surface area contributed by atoms with Crippen molar-refractivity contribution < 1.29 is 17.9 Å². The fraction of sp³-hybridized carbons (Fsp3) is 0.300. The van der Waals surface area contributed by atoms with Crippen molar-refractivity contribution >= 4 is 27.6 Å². The van der Waals surface area contributed by atoms with E-state index < -0.39 is 16.0 Å². The summed E-state index contributed by atoms with van der Waals surface area (Å²) in [6, 6.07) is 2.50. The normalized spacial score (nSPS) is 11.3. The van der Waals surface area contributed by atoms with Crippen LogP contribution in [0.15, 0.2) is 17.0 Å². The fourth-order valence-electron chi connectivity index (χ4n) is 1.32. The average molecular weight is 278 g/mol. The molecule has 1 rings (SSSR count). The van der Waals surface area contributed by atoms with E-state index in [1.165, 1.54) is 6.07 Å². The fourth-order valence-corrected chi connectivity index (χ4v) is 2.41. The Labute approximate surface area is 105 Å². The van der Waals surface area contributed by atoms with Crippen LogP contribution in [0.3, 0.4) is 0 Å². The van der Waals surface area contributed by atoms with Gasteiger partial charge in [0.25, 0.3) is 0 Å². The topological polar surface area (TPSA) is 86.5 Å². The zero-order valence-corrected chi connectivity index (χ0v) is 10.9. The molecule has 0 saturated carbocycles. The number of hydrogen-bond acceptors (Lipinski definition) is 4. The molecule has 0 aliphatic heterocycles. The molecule has 0 radical (unpaired) electrons. The maximum absolute atomic E-state index is 11.5. The van der Waals surface area contributed by atoms with Gasteiger partial charge in [-0.25, -0.2) is 18.4 Å². The summed E-state index contributed by atoms with van der Waals surface area (Å²) in [4.78, 5) is 11.4. The van der Waals surface area contributed by atoms with E-state index in [2.05, 4.69) is 0 Å². The van der Waals surface area contributed by atoms with Crippen LogP contribution in [0.1, 0.15) is 22.8 Å². The number of primary sulfonamides is 1. The van der Waals surface area contributed by atoms with Gasteiger partial charge in [0, 0.05) is 0 Å². The van der Waals surface area contributed by atoms with E-state index >= 15 is 0 Å². The van der Waals surface area contributed by atoms with E-state index in [1.807, 2.05) is 0 Å². The van der Waals surface area contributed by atoms with Crippen LogP contribution in [0.2, 0.25) is 5.02 Å². The van der Waals surface area contributed by atoms with Crippen molar-refractivity contribution in [2.24, 2.45) is 5.14 Å². The van der Waals surface area contributed by atoms with Gasteiger partial charge in [-0.2, -0.15) is 0 Å². The monoisotopic (exact) mass is 277 g/mol. The SMILES string of the molecule is CCOC(=O)c1cc(S(N)(=O)=O)c(C)cc1Cl. The Morgan fingerprint density at radius 3 is 2.53 bits per heavy atom. The Morgan fingerprint density at radius 2 is 2.06 bits per heavy atom. The number of hydrogen-bond donors (Lipinski definition) is 1. The molecule has 17 heavy (non-hydrogen) atoms. The lowest BCUT2D eigenvalue weighted by Crippen LogP contribution is -2.15. The third-order valence-corrected chi connectivity index (χ3v) is 3.43. The van der Waals surface area contributed by atoms with E-state index in [9.17, 15) is 13.2 Å². The van der Waals surface area contributed by atoms with E-state index in [1.54, 1.807) is 13.8 Å². The van der Waals surface area contributed by atoms with Crippen molar-refractivity contribution in [2.75, 3.05) is 6.61 Å². The number of rotatable bonds is 3. The molecule has 0 aromatic heterocycles. The molecule has 0 aliphatic rings. The Balaban J connectivity index is 3.39. The molecule has 1 aromatic carbocycles. The first-order valence-electron chi connectivity index (χ1n) is 4.77. The summed E-state index contributed by atoms with van der Waals surface area (Å²) in [5.41, 5.74) is 0.369. The summed E-state index contributed by atoms with van der Waals surface area (Å²) < 4.78 is 27.3. The number of halogens is 1. The molecular formula is C10H12ClNO4S. The molecule has 5 nitrogen and oxygen atoms in total. The van der Waals surface area contributed by atoms with Crippen LogP contribution in [0.5, 0.6) is 0 Å². The summed E-state index contributed by atoms with van der Waals surface area (Å²) in [7, 11) is -3.89. The van der Waals surface area contributed by atoms with Gasteiger partial charge in [0.1, 0.15) is 0 Å². The standard InChI is InChI=1S/C10H12ClNO4S/c1-3-16-10(13)7-5-9(17(12,14)15)6(2)4-8(7)11/h4-5H,3H2,1-2H3,(H2,12,14,15). The Bertz CT molecular complexity index is 554. The second-order valence-electron chi connectivity index (χ2n) is 3.36. The van der Waals surface area contributed by atoms with Crippen LogP contribution in [0.25, 0.3) is 0 Å². The highest BCUT2D eigenvalue weighted by Crippen LogP contribution is 2.24. The quantitative estimate of drug-likeness (QED) is 0.848. The van der Waals surface area contributed by atoms with Crippen LogP contribution in [-0.4, -0.2) is 21.0 Å². The molecule has 1 aromatic rings. The number of esters is 1. The maximum atomic E-state index is 11.5. The van der Waals surface area contributed by atoms with Crippen LogP contribution >= 0.6 is 11.6 Å². The first-order chi connectivity index (χ1) is 7.77. The van der Waals surface area contributed by atoms with Gasteiger partial charge < -0.3 is 4.74 Å². The highest BCUT2D eigenvalue weighted by molar-refractivity contribution is 7.89. The molecule has 0 spiro atoms. The predicted molar refractivity (Wildman–Crippen MR) is 63.5 cm³/mol. The Kier molecular flexibility index (Phi) is 4.13. The van der Waals surface area contributed by atoms with Crippen molar-refractivity contribution in [3.8, 4) is 0 Å². The van der Waals surface area contributed by atoms with Crippen LogP contribution in [0.4, 0.5) is 0 Å². The van der Waals surface area contributed by atoms with Gasteiger partial charge in [-0.3, -0.25) is 0 Å². The number of nitrogens with two attached hydrogens (primary N) is 1. The van der Waals surface area contributed by atoms with Gasteiger partial charge in [0.2, 0.25) is 10.0 Å².